The monoisotopic (exact) mass is 345 g/mol. The van der Waals surface area contributed by atoms with Crippen LogP contribution in [0.1, 0.15) is 26.2 Å². The van der Waals surface area contributed by atoms with E-state index in [9.17, 15) is 27.8 Å². The summed E-state index contributed by atoms with van der Waals surface area (Å²) in [6.45, 7) is 1.47. The van der Waals surface area contributed by atoms with Crippen LogP contribution in [0, 0.1) is 11.2 Å². The highest BCUT2D eigenvalue weighted by molar-refractivity contribution is 7.89. The van der Waals surface area contributed by atoms with Crippen LogP contribution in [-0.2, 0) is 14.8 Å². The number of carboxylic acid groups (broad SMARTS) is 1. The second-order valence-electron chi connectivity index (χ2n) is 5.80. The van der Waals surface area contributed by atoms with Crippen LogP contribution in [-0.4, -0.2) is 48.1 Å². The molecule has 1 saturated heterocycles. The van der Waals surface area contributed by atoms with Crippen LogP contribution in [0.2, 0.25) is 0 Å². The summed E-state index contributed by atoms with van der Waals surface area (Å²) in [7, 11) is -3.97. The maximum atomic E-state index is 13.3. The molecule has 1 fully saturated rings. The molecule has 1 aromatic rings. The number of sulfonamides is 1. The lowest BCUT2D eigenvalue weighted by atomic mass is 9.73. The quantitative estimate of drug-likeness (QED) is 0.842. The summed E-state index contributed by atoms with van der Waals surface area (Å²) in [4.78, 5) is 11.4. The molecule has 0 amide bonds. The number of carbonyl (C=O) groups is 1. The Balaban J connectivity index is 2.27. The average molecular weight is 345 g/mol. The Kier molecular flexibility index (Phi) is 5.07. The van der Waals surface area contributed by atoms with Crippen LogP contribution in [0.4, 0.5) is 4.39 Å². The van der Waals surface area contributed by atoms with Crippen LogP contribution in [0.15, 0.2) is 29.2 Å². The molecule has 1 aromatic carbocycles. The second kappa shape index (κ2) is 6.54. The Labute approximate surface area is 134 Å². The van der Waals surface area contributed by atoms with Crippen LogP contribution in [0.25, 0.3) is 0 Å². The highest BCUT2D eigenvalue weighted by Gasteiger charge is 2.49. The summed E-state index contributed by atoms with van der Waals surface area (Å²) in [5, 5.41) is 19.8. The number of halogens is 1. The van der Waals surface area contributed by atoms with E-state index in [1.807, 2.05) is 6.92 Å². The molecule has 1 heterocycles. The molecule has 0 aromatic heterocycles. The number of benzene rings is 1. The van der Waals surface area contributed by atoms with Crippen molar-refractivity contribution in [1.82, 2.24) is 4.31 Å². The first-order chi connectivity index (χ1) is 10.7. The average Bonchev–Trinajstić information content (AvgIpc) is 2.49. The highest BCUT2D eigenvalue weighted by atomic mass is 32.2. The summed E-state index contributed by atoms with van der Waals surface area (Å²) in [5.41, 5.74) is -1.33. The van der Waals surface area contributed by atoms with Gasteiger partial charge in [0, 0.05) is 13.1 Å². The van der Waals surface area contributed by atoms with Gasteiger partial charge < -0.3 is 10.2 Å². The first kappa shape index (κ1) is 17.8. The van der Waals surface area contributed by atoms with Crippen molar-refractivity contribution >= 4 is 16.0 Å². The van der Waals surface area contributed by atoms with Gasteiger partial charge in [0.05, 0.1) is 16.4 Å². The number of piperidine rings is 1. The van der Waals surface area contributed by atoms with Gasteiger partial charge in [-0.3, -0.25) is 4.79 Å². The number of nitrogens with zero attached hydrogens (tertiary/aromatic N) is 1. The number of β-amino-alcohol motifs (C(OH)–C–C–N with tert-alkyl or cyclic N) is 1. The smallest absolute Gasteiger partial charge is 0.312 e. The Morgan fingerprint density at radius 2 is 2.17 bits per heavy atom. The van der Waals surface area contributed by atoms with Crippen molar-refractivity contribution in [2.75, 3.05) is 13.1 Å². The Morgan fingerprint density at radius 1 is 1.48 bits per heavy atom. The number of aliphatic carboxylic acids is 1. The lowest BCUT2D eigenvalue weighted by Crippen LogP contribution is -2.55. The highest BCUT2D eigenvalue weighted by Crippen LogP contribution is 2.38. The molecular formula is C15H20FNO5S. The first-order valence-electron chi connectivity index (χ1n) is 7.41. The summed E-state index contributed by atoms with van der Waals surface area (Å²) >= 11 is 0. The standard InChI is InChI=1S/C15H20FNO5S/c1-2-6-15(14(19)20)7-8-17(10-13(15)18)23(21,22)12-5-3-4-11(16)9-12/h3-5,9,13,18H,2,6-8,10H2,1H3,(H,19,20)/t13-,15-/m0/s1. The molecule has 0 saturated carbocycles. The normalized spacial score (nSPS) is 26.1. The minimum atomic E-state index is -3.97. The lowest BCUT2D eigenvalue weighted by Gasteiger charge is -2.42. The van der Waals surface area contributed by atoms with Crippen molar-refractivity contribution in [3.63, 3.8) is 0 Å². The molecule has 0 unspecified atom stereocenters. The fraction of sp³-hybridized carbons (Fsp3) is 0.533. The minimum Gasteiger partial charge on any atom is -0.481 e. The van der Waals surface area contributed by atoms with Crippen molar-refractivity contribution in [3.8, 4) is 0 Å². The summed E-state index contributed by atoms with van der Waals surface area (Å²) < 4.78 is 39.3. The lowest BCUT2D eigenvalue weighted by molar-refractivity contribution is -0.162. The molecule has 2 atom stereocenters. The molecule has 0 spiro atoms. The van der Waals surface area contributed by atoms with Gasteiger partial charge in [0.25, 0.3) is 0 Å². The van der Waals surface area contributed by atoms with Gasteiger partial charge in [0.2, 0.25) is 10.0 Å². The zero-order chi connectivity index (χ0) is 17.3. The zero-order valence-corrected chi connectivity index (χ0v) is 13.6. The van der Waals surface area contributed by atoms with E-state index in [1.165, 1.54) is 12.1 Å². The molecule has 0 bridgehead atoms. The van der Waals surface area contributed by atoms with E-state index in [0.29, 0.717) is 6.42 Å². The molecule has 8 heteroatoms. The molecule has 128 valence electrons. The topological polar surface area (TPSA) is 94.9 Å². The molecule has 6 nitrogen and oxygen atoms in total. The molecule has 2 N–H and O–H groups in total. The third-order valence-electron chi connectivity index (χ3n) is 4.38. The summed E-state index contributed by atoms with van der Waals surface area (Å²) in [6, 6.07) is 4.62. The van der Waals surface area contributed by atoms with Gasteiger partial charge in [-0.05, 0) is 31.0 Å². The van der Waals surface area contributed by atoms with Gasteiger partial charge in [-0.1, -0.05) is 19.4 Å². The number of aliphatic hydroxyl groups excluding tert-OH is 1. The molecule has 1 aliphatic rings. The van der Waals surface area contributed by atoms with Gasteiger partial charge in [-0.25, -0.2) is 12.8 Å². The van der Waals surface area contributed by atoms with Crippen LogP contribution < -0.4 is 0 Å². The van der Waals surface area contributed by atoms with E-state index in [0.717, 1.165) is 16.4 Å². The molecule has 0 radical (unpaired) electrons. The van der Waals surface area contributed by atoms with Crippen LogP contribution >= 0.6 is 0 Å². The van der Waals surface area contributed by atoms with Crippen molar-refractivity contribution < 1.29 is 27.8 Å². The van der Waals surface area contributed by atoms with Crippen molar-refractivity contribution in [3.05, 3.63) is 30.1 Å². The molecule has 1 aliphatic heterocycles. The number of rotatable bonds is 5. The summed E-state index contributed by atoms with van der Waals surface area (Å²) in [5.74, 6) is -1.79. The van der Waals surface area contributed by atoms with Crippen LogP contribution in [0.5, 0.6) is 0 Å². The summed E-state index contributed by atoms with van der Waals surface area (Å²) in [6.07, 6.45) is -0.444. The fourth-order valence-corrected chi connectivity index (χ4v) is 4.52. The molecule has 2 rings (SSSR count). The predicted molar refractivity (Wildman–Crippen MR) is 80.8 cm³/mol. The third kappa shape index (κ3) is 3.24. The maximum Gasteiger partial charge on any atom is 0.312 e. The van der Waals surface area contributed by atoms with E-state index >= 15 is 0 Å². The fourth-order valence-electron chi connectivity index (χ4n) is 3.04. The third-order valence-corrected chi connectivity index (χ3v) is 6.24. The zero-order valence-electron chi connectivity index (χ0n) is 12.8. The molecule has 0 aliphatic carbocycles. The van der Waals surface area contributed by atoms with Gasteiger partial charge in [0.1, 0.15) is 5.82 Å². The van der Waals surface area contributed by atoms with E-state index < -0.39 is 33.3 Å². The number of carboxylic acids is 1. The predicted octanol–water partition coefficient (Wildman–Crippen LogP) is 1.45. The maximum absolute atomic E-state index is 13.3. The van der Waals surface area contributed by atoms with Crippen molar-refractivity contribution in [1.29, 1.82) is 0 Å². The largest absolute Gasteiger partial charge is 0.481 e. The molecule has 23 heavy (non-hydrogen) atoms. The van der Waals surface area contributed by atoms with Crippen LogP contribution in [0.3, 0.4) is 0 Å². The van der Waals surface area contributed by atoms with Gasteiger partial charge in [-0.2, -0.15) is 4.31 Å². The van der Waals surface area contributed by atoms with Gasteiger partial charge in [0.15, 0.2) is 0 Å². The number of hydrogen-bond acceptors (Lipinski definition) is 4. The Hall–Kier alpha value is -1.51. The van der Waals surface area contributed by atoms with Gasteiger partial charge >= 0.3 is 5.97 Å². The van der Waals surface area contributed by atoms with Gasteiger partial charge in [-0.15, -0.1) is 0 Å². The van der Waals surface area contributed by atoms with E-state index in [4.69, 9.17) is 0 Å². The van der Waals surface area contributed by atoms with Crippen molar-refractivity contribution in [2.24, 2.45) is 5.41 Å². The van der Waals surface area contributed by atoms with Crippen molar-refractivity contribution in [2.45, 2.75) is 37.2 Å². The van der Waals surface area contributed by atoms with E-state index in [-0.39, 0.29) is 30.8 Å². The first-order valence-corrected chi connectivity index (χ1v) is 8.85. The minimum absolute atomic E-state index is 0.0197. The molecular weight excluding hydrogens is 325 g/mol. The second-order valence-corrected chi connectivity index (χ2v) is 7.74. The Morgan fingerprint density at radius 3 is 2.70 bits per heavy atom. The van der Waals surface area contributed by atoms with E-state index in [1.54, 1.807) is 0 Å². The Bertz CT molecular complexity index is 693. The van der Waals surface area contributed by atoms with E-state index in [2.05, 4.69) is 0 Å². The number of aliphatic hydroxyl groups is 1. The SMILES string of the molecule is CCC[C@]1(C(=O)O)CCN(S(=O)(=O)c2cccc(F)c2)C[C@@H]1O. The number of hydrogen-bond donors (Lipinski definition) is 2.